The number of pyridine rings is 1. The van der Waals surface area contributed by atoms with Crippen molar-refractivity contribution in [1.82, 2.24) is 10.1 Å². The fourth-order valence-electron chi connectivity index (χ4n) is 4.26. The van der Waals surface area contributed by atoms with Gasteiger partial charge in [0.15, 0.2) is 5.82 Å². The maximum absolute atomic E-state index is 13.4. The van der Waals surface area contributed by atoms with E-state index in [0.29, 0.717) is 23.5 Å². The molecule has 4 rings (SSSR count). The van der Waals surface area contributed by atoms with Gasteiger partial charge in [-0.15, -0.1) is 0 Å². The predicted molar refractivity (Wildman–Crippen MR) is 145 cm³/mol. The van der Waals surface area contributed by atoms with Gasteiger partial charge in [0.1, 0.15) is 18.1 Å². The quantitative estimate of drug-likeness (QED) is 0.267. The van der Waals surface area contributed by atoms with Gasteiger partial charge < -0.3 is 9.26 Å². The van der Waals surface area contributed by atoms with Crippen LogP contribution in [0, 0.1) is 34.6 Å². The molecule has 0 bridgehead atoms. The smallest absolute Gasteiger partial charge is 0.263 e. The van der Waals surface area contributed by atoms with Crippen molar-refractivity contribution >= 4 is 15.8 Å². The number of sulfonamides is 1. The zero-order chi connectivity index (χ0) is 26.7. The van der Waals surface area contributed by atoms with Crippen LogP contribution in [0.25, 0.3) is 11.1 Å². The normalized spacial score (nSPS) is 11.5. The first-order valence-corrected chi connectivity index (χ1v) is 13.8. The van der Waals surface area contributed by atoms with Crippen molar-refractivity contribution in [3.63, 3.8) is 0 Å². The predicted octanol–water partition coefficient (Wildman–Crippen LogP) is 6.61. The number of anilines is 1. The molecular weight excluding hydrogens is 486 g/mol. The molecule has 0 aliphatic rings. The van der Waals surface area contributed by atoms with Crippen molar-refractivity contribution in [3.05, 3.63) is 87.9 Å². The van der Waals surface area contributed by atoms with Crippen LogP contribution in [0.1, 0.15) is 52.7 Å². The number of hydrogen-bond donors (Lipinski definition) is 1. The van der Waals surface area contributed by atoms with Crippen LogP contribution in [0.4, 0.5) is 5.82 Å². The average molecular weight is 520 g/mol. The first kappa shape index (κ1) is 26.4. The van der Waals surface area contributed by atoms with Gasteiger partial charge in [-0.3, -0.25) is 9.71 Å². The molecule has 0 aliphatic carbocycles. The summed E-state index contributed by atoms with van der Waals surface area (Å²) in [5, 5.41) is 3.87. The number of ether oxygens (including phenoxy) is 1. The van der Waals surface area contributed by atoms with Crippen LogP contribution in [0.5, 0.6) is 5.75 Å². The molecule has 37 heavy (non-hydrogen) atoms. The van der Waals surface area contributed by atoms with Crippen LogP contribution in [-0.4, -0.2) is 18.6 Å². The summed E-state index contributed by atoms with van der Waals surface area (Å²) in [7, 11) is -3.91. The Bertz CT molecular complexity index is 1540. The second-order valence-corrected chi connectivity index (χ2v) is 11.0. The number of aryl methyl sites for hydroxylation is 4. The number of nitrogens with one attached hydrogen (secondary N) is 1. The summed E-state index contributed by atoms with van der Waals surface area (Å²) in [6, 6.07) is 15.1. The molecule has 4 aromatic rings. The monoisotopic (exact) mass is 519 g/mol. The second kappa shape index (κ2) is 10.8. The third kappa shape index (κ3) is 5.69. The van der Waals surface area contributed by atoms with Gasteiger partial charge in [0, 0.05) is 34.1 Å². The fourth-order valence-corrected chi connectivity index (χ4v) is 5.54. The molecule has 0 radical (unpaired) electrons. The molecule has 2 aromatic carbocycles. The highest BCUT2D eigenvalue weighted by atomic mass is 32.2. The maximum Gasteiger partial charge on any atom is 0.263 e. The lowest BCUT2D eigenvalue weighted by atomic mass is 9.95. The van der Waals surface area contributed by atoms with Crippen molar-refractivity contribution in [2.24, 2.45) is 0 Å². The van der Waals surface area contributed by atoms with Crippen LogP contribution in [0.3, 0.4) is 0 Å². The van der Waals surface area contributed by atoms with E-state index in [0.717, 1.165) is 52.2 Å². The molecule has 7 nitrogen and oxygen atoms in total. The highest BCUT2D eigenvalue weighted by Crippen LogP contribution is 2.33. The van der Waals surface area contributed by atoms with Gasteiger partial charge in [-0.1, -0.05) is 54.9 Å². The molecule has 0 fully saturated rings. The first-order chi connectivity index (χ1) is 17.6. The first-order valence-electron chi connectivity index (χ1n) is 12.3. The minimum atomic E-state index is -3.91. The Morgan fingerprint density at radius 1 is 0.946 bits per heavy atom. The molecule has 0 saturated carbocycles. The van der Waals surface area contributed by atoms with Gasteiger partial charge >= 0.3 is 0 Å². The van der Waals surface area contributed by atoms with Crippen LogP contribution < -0.4 is 9.46 Å². The lowest BCUT2D eigenvalue weighted by molar-refractivity contribution is 0.303. The third-order valence-electron chi connectivity index (χ3n) is 6.53. The molecule has 1 N–H and O–H groups in total. The van der Waals surface area contributed by atoms with Crippen LogP contribution >= 0.6 is 0 Å². The van der Waals surface area contributed by atoms with E-state index in [4.69, 9.17) is 9.26 Å². The van der Waals surface area contributed by atoms with Crippen molar-refractivity contribution in [2.45, 2.75) is 65.9 Å². The summed E-state index contributed by atoms with van der Waals surface area (Å²) in [6.07, 6.45) is 1.73. The number of aromatic nitrogens is 2. The average Bonchev–Trinajstić information content (AvgIpc) is 3.17. The SMILES string of the molecule is CCCc1cc(COc2cc(C)nc(C)c2C)ccc1-c1ccccc1S(=O)(=O)Nc1noc(C)c1C. The van der Waals surface area contributed by atoms with Gasteiger partial charge in [0.05, 0.1) is 4.90 Å². The standard InChI is InChI=1S/C29H33N3O4S/c1-7-10-24-16-23(17-35-27-15-18(2)30-21(5)19(27)3)13-14-25(24)26-11-8-9-12-28(26)37(33,34)32-29-20(4)22(6)36-31-29/h8-9,11-16H,7,10,17H2,1-6H3,(H,31,32). The topological polar surface area (TPSA) is 94.3 Å². The van der Waals surface area contributed by atoms with Gasteiger partial charge in [-0.05, 0) is 63.8 Å². The molecule has 2 aromatic heterocycles. The molecule has 8 heteroatoms. The van der Waals surface area contributed by atoms with E-state index in [9.17, 15) is 8.42 Å². The van der Waals surface area contributed by atoms with E-state index in [1.165, 1.54) is 0 Å². The molecule has 0 aliphatic heterocycles. The molecule has 0 saturated heterocycles. The lowest BCUT2D eigenvalue weighted by Gasteiger charge is -2.17. The van der Waals surface area contributed by atoms with Gasteiger partial charge in [0.25, 0.3) is 10.0 Å². The van der Waals surface area contributed by atoms with Crippen LogP contribution in [0.15, 0.2) is 57.9 Å². The largest absolute Gasteiger partial charge is 0.488 e. The van der Waals surface area contributed by atoms with Gasteiger partial charge in [0.2, 0.25) is 0 Å². The summed E-state index contributed by atoms with van der Waals surface area (Å²) in [5.41, 5.74) is 7.17. The Hall–Kier alpha value is -3.65. The highest BCUT2D eigenvalue weighted by molar-refractivity contribution is 7.92. The van der Waals surface area contributed by atoms with E-state index in [-0.39, 0.29) is 10.7 Å². The Kier molecular flexibility index (Phi) is 7.68. The van der Waals surface area contributed by atoms with E-state index >= 15 is 0 Å². The molecule has 0 atom stereocenters. The highest BCUT2D eigenvalue weighted by Gasteiger charge is 2.23. The van der Waals surface area contributed by atoms with Crippen molar-refractivity contribution in [1.29, 1.82) is 0 Å². The minimum absolute atomic E-state index is 0.190. The van der Waals surface area contributed by atoms with Crippen LogP contribution in [0.2, 0.25) is 0 Å². The van der Waals surface area contributed by atoms with E-state index < -0.39 is 10.0 Å². The molecule has 0 spiro atoms. The van der Waals surface area contributed by atoms with Gasteiger partial charge in [-0.2, -0.15) is 0 Å². The fraction of sp³-hybridized carbons (Fsp3) is 0.310. The van der Waals surface area contributed by atoms with E-state index in [2.05, 4.69) is 27.9 Å². The van der Waals surface area contributed by atoms with Crippen LogP contribution in [-0.2, 0) is 23.1 Å². The molecule has 194 valence electrons. The van der Waals surface area contributed by atoms with Crippen molar-refractivity contribution in [3.8, 4) is 16.9 Å². The Morgan fingerprint density at radius 3 is 2.41 bits per heavy atom. The summed E-state index contributed by atoms with van der Waals surface area (Å²) in [5.74, 6) is 1.60. The second-order valence-electron chi connectivity index (χ2n) is 9.32. The third-order valence-corrected chi connectivity index (χ3v) is 7.93. The number of benzene rings is 2. The molecule has 2 heterocycles. The Labute approximate surface area is 218 Å². The number of hydrogen-bond acceptors (Lipinski definition) is 6. The Morgan fingerprint density at radius 2 is 1.70 bits per heavy atom. The molecular formula is C29H33N3O4S. The van der Waals surface area contributed by atoms with E-state index in [1.807, 2.05) is 51.1 Å². The summed E-state index contributed by atoms with van der Waals surface area (Å²) in [4.78, 5) is 4.68. The summed E-state index contributed by atoms with van der Waals surface area (Å²) in [6.45, 7) is 12.0. The summed E-state index contributed by atoms with van der Waals surface area (Å²) >= 11 is 0. The Balaban J connectivity index is 1.67. The minimum Gasteiger partial charge on any atom is -0.488 e. The maximum atomic E-state index is 13.4. The van der Waals surface area contributed by atoms with Crippen molar-refractivity contribution in [2.75, 3.05) is 4.72 Å². The molecule has 0 unspecified atom stereocenters. The van der Waals surface area contributed by atoms with Crippen molar-refractivity contribution < 1.29 is 17.7 Å². The lowest BCUT2D eigenvalue weighted by Crippen LogP contribution is -2.15. The number of rotatable bonds is 9. The zero-order valence-corrected chi connectivity index (χ0v) is 23.0. The zero-order valence-electron chi connectivity index (χ0n) is 22.2. The molecule has 0 amide bonds. The number of nitrogens with zero attached hydrogens (tertiary/aromatic N) is 2. The van der Waals surface area contributed by atoms with Gasteiger partial charge in [-0.25, -0.2) is 8.42 Å². The summed E-state index contributed by atoms with van der Waals surface area (Å²) < 4.78 is 40.7. The van der Waals surface area contributed by atoms with E-state index in [1.54, 1.807) is 26.0 Å².